The number of rotatable bonds is 2. The quantitative estimate of drug-likeness (QED) is 0.298. The molecule has 2 heterocycles. The van der Waals surface area contributed by atoms with Crippen molar-refractivity contribution in [2.24, 2.45) is 0 Å². The van der Waals surface area contributed by atoms with Gasteiger partial charge >= 0.3 is 6.18 Å². The van der Waals surface area contributed by atoms with Crippen LogP contribution < -0.4 is 0 Å². The number of alkyl halides is 3. The predicted molar refractivity (Wildman–Crippen MR) is 114 cm³/mol. The molecule has 0 aliphatic carbocycles. The smallest absolute Gasteiger partial charge is 0.416 e. The second-order valence-electron chi connectivity index (χ2n) is 7.79. The van der Waals surface area contributed by atoms with Crippen LogP contribution in [0.2, 0.25) is 0 Å². The van der Waals surface area contributed by atoms with E-state index in [1.165, 1.54) is 17.0 Å². The summed E-state index contributed by atoms with van der Waals surface area (Å²) in [6, 6.07) is 17.7. The maximum absolute atomic E-state index is 13.1. The first-order valence-corrected chi connectivity index (χ1v) is 9.74. The lowest BCUT2D eigenvalue weighted by Gasteiger charge is -2.13. The number of hydrogen-bond donors (Lipinski definition) is 0. The number of fused-ring (bicyclic) bond motifs is 4. The lowest BCUT2D eigenvalue weighted by atomic mass is 9.92. The largest absolute Gasteiger partial charge is 0.454 e. The Labute approximate surface area is 171 Å². The number of furan rings is 1. The van der Waals surface area contributed by atoms with Crippen LogP contribution >= 0.6 is 0 Å². The van der Waals surface area contributed by atoms with E-state index in [0.29, 0.717) is 22.6 Å². The van der Waals surface area contributed by atoms with Crippen molar-refractivity contribution in [1.29, 1.82) is 0 Å². The van der Waals surface area contributed by atoms with Gasteiger partial charge in [0.15, 0.2) is 5.58 Å². The zero-order valence-electron chi connectivity index (χ0n) is 16.4. The Balaban J connectivity index is 1.79. The summed E-state index contributed by atoms with van der Waals surface area (Å²) >= 11 is 0. The second kappa shape index (κ2) is 6.59. The van der Waals surface area contributed by atoms with Crippen LogP contribution in [0.1, 0.15) is 30.9 Å². The molecule has 0 saturated carbocycles. The van der Waals surface area contributed by atoms with Crippen molar-refractivity contribution in [3.05, 3.63) is 78.0 Å². The molecule has 0 fully saturated rings. The van der Waals surface area contributed by atoms with Gasteiger partial charge in [0.25, 0.3) is 0 Å². The zero-order valence-corrected chi connectivity index (χ0v) is 16.4. The fraction of sp³-hybridized carbons (Fsp3) is 0.160. The average Bonchev–Trinajstić information content (AvgIpc) is 3.10. The van der Waals surface area contributed by atoms with Crippen LogP contribution in [0.4, 0.5) is 13.2 Å². The molecule has 2 nitrogen and oxygen atoms in total. The van der Waals surface area contributed by atoms with Crippen LogP contribution in [0.3, 0.4) is 0 Å². The third-order valence-electron chi connectivity index (χ3n) is 5.50. The van der Waals surface area contributed by atoms with Crippen molar-refractivity contribution in [3.8, 4) is 11.3 Å². The van der Waals surface area contributed by atoms with E-state index >= 15 is 0 Å². The van der Waals surface area contributed by atoms with E-state index in [1.54, 1.807) is 12.3 Å². The Bertz CT molecular complexity index is 1410. The van der Waals surface area contributed by atoms with Gasteiger partial charge in [-0.25, -0.2) is 0 Å². The molecule has 0 amide bonds. The highest BCUT2D eigenvalue weighted by atomic mass is 19.4. The maximum Gasteiger partial charge on any atom is 0.416 e. The van der Waals surface area contributed by atoms with Gasteiger partial charge in [-0.3, -0.25) is 4.98 Å². The van der Waals surface area contributed by atoms with E-state index in [1.807, 2.05) is 12.1 Å². The molecule has 30 heavy (non-hydrogen) atoms. The Morgan fingerprint density at radius 1 is 0.867 bits per heavy atom. The van der Waals surface area contributed by atoms with Crippen LogP contribution in [0, 0.1) is 0 Å². The SMILES string of the molecule is CC(C)c1cc(-c2nccc3c2oc2cc(C(F)(F)F)ccc23)cc2ccccc12. The Kier molecular flexibility index (Phi) is 4.10. The van der Waals surface area contributed by atoms with Gasteiger partial charge in [0.1, 0.15) is 11.3 Å². The summed E-state index contributed by atoms with van der Waals surface area (Å²) in [7, 11) is 0. The normalized spacial score (nSPS) is 12.5. The first-order valence-electron chi connectivity index (χ1n) is 9.74. The van der Waals surface area contributed by atoms with Gasteiger partial charge in [0.05, 0.1) is 5.56 Å². The van der Waals surface area contributed by atoms with Gasteiger partial charge in [-0.1, -0.05) is 38.1 Å². The molecule has 5 heteroatoms. The summed E-state index contributed by atoms with van der Waals surface area (Å²) in [6.45, 7) is 4.28. The summed E-state index contributed by atoms with van der Waals surface area (Å²) in [5.41, 5.74) is 2.69. The first kappa shape index (κ1) is 18.7. The minimum Gasteiger partial charge on any atom is -0.454 e. The molecule has 0 aliphatic heterocycles. The van der Waals surface area contributed by atoms with E-state index in [2.05, 4.69) is 43.1 Å². The molecule has 0 N–H and O–H groups in total. The third-order valence-corrected chi connectivity index (χ3v) is 5.50. The minimum atomic E-state index is -4.42. The van der Waals surface area contributed by atoms with E-state index < -0.39 is 11.7 Å². The number of pyridine rings is 1. The van der Waals surface area contributed by atoms with Gasteiger partial charge in [-0.15, -0.1) is 0 Å². The van der Waals surface area contributed by atoms with Crippen LogP contribution in [-0.4, -0.2) is 4.98 Å². The molecule has 150 valence electrons. The molecule has 5 aromatic rings. The maximum atomic E-state index is 13.1. The molecule has 0 spiro atoms. The first-order chi connectivity index (χ1) is 14.3. The highest BCUT2D eigenvalue weighted by Crippen LogP contribution is 2.39. The highest BCUT2D eigenvalue weighted by molar-refractivity contribution is 6.09. The number of benzene rings is 3. The number of aromatic nitrogens is 1. The van der Waals surface area contributed by atoms with Crippen molar-refractivity contribution in [3.63, 3.8) is 0 Å². The fourth-order valence-electron chi connectivity index (χ4n) is 4.04. The van der Waals surface area contributed by atoms with Gasteiger partial charge < -0.3 is 4.42 Å². The van der Waals surface area contributed by atoms with Crippen molar-refractivity contribution in [2.75, 3.05) is 0 Å². The summed E-state index contributed by atoms with van der Waals surface area (Å²) in [5.74, 6) is 0.305. The van der Waals surface area contributed by atoms with E-state index in [4.69, 9.17) is 4.42 Å². The Morgan fingerprint density at radius 2 is 1.67 bits per heavy atom. The molecule has 0 radical (unpaired) electrons. The standard InChI is InChI=1S/C25H18F3NO/c1-14(2)21-12-16(11-15-5-3-4-6-18(15)21)23-24-20(9-10-29-23)19-8-7-17(25(26,27)28)13-22(19)30-24/h3-14H,1-2H3. The lowest BCUT2D eigenvalue weighted by molar-refractivity contribution is -0.137. The molecule has 5 rings (SSSR count). The zero-order chi connectivity index (χ0) is 21.0. The summed E-state index contributed by atoms with van der Waals surface area (Å²) < 4.78 is 45.3. The van der Waals surface area contributed by atoms with Crippen molar-refractivity contribution >= 4 is 32.7 Å². The lowest BCUT2D eigenvalue weighted by Crippen LogP contribution is -2.03. The molecule has 0 saturated heterocycles. The minimum absolute atomic E-state index is 0.207. The average molecular weight is 405 g/mol. The van der Waals surface area contributed by atoms with Gasteiger partial charge in [0.2, 0.25) is 0 Å². The molecule has 0 aliphatic rings. The number of halogens is 3. The molecule has 2 aromatic heterocycles. The molecule has 0 unspecified atom stereocenters. The van der Waals surface area contributed by atoms with Crippen molar-refractivity contribution in [2.45, 2.75) is 25.9 Å². The fourth-order valence-corrected chi connectivity index (χ4v) is 4.04. The Morgan fingerprint density at radius 3 is 2.43 bits per heavy atom. The van der Waals surface area contributed by atoms with Crippen molar-refractivity contribution < 1.29 is 17.6 Å². The molecule has 0 bridgehead atoms. The summed E-state index contributed by atoms with van der Waals surface area (Å²) in [6.07, 6.45) is -2.74. The van der Waals surface area contributed by atoms with Crippen LogP contribution in [0.15, 0.2) is 71.3 Å². The van der Waals surface area contributed by atoms with Crippen molar-refractivity contribution in [1.82, 2.24) is 4.98 Å². The van der Waals surface area contributed by atoms with E-state index in [-0.39, 0.29) is 5.58 Å². The second-order valence-corrected chi connectivity index (χ2v) is 7.79. The monoisotopic (exact) mass is 405 g/mol. The summed E-state index contributed by atoms with van der Waals surface area (Å²) in [4.78, 5) is 4.53. The van der Waals surface area contributed by atoms with Gasteiger partial charge in [-0.2, -0.15) is 13.2 Å². The van der Waals surface area contributed by atoms with E-state index in [0.717, 1.165) is 28.5 Å². The number of hydrogen-bond acceptors (Lipinski definition) is 2. The van der Waals surface area contributed by atoms with E-state index in [9.17, 15) is 13.2 Å². The third kappa shape index (κ3) is 2.93. The molecular weight excluding hydrogens is 387 g/mol. The predicted octanol–water partition coefficient (Wildman–Crippen LogP) is 7.94. The highest BCUT2D eigenvalue weighted by Gasteiger charge is 2.31. The van der Waals surface area contributed by atoms with Crippen LogP contribution in [0.5, 0.6) is 0 Å². The van der Waals surface area contributed by atoms with Gasteiger partial charge in [0, 0.05) is 22.5 Å². The van der Waals surface area contributed by atoms with Crippen LogP contribution in [-0.2, 0) is 6.18 Å². The van der Waals surface area contributed by atoms with Gasteiger partial charge in [-0.05, 0) is 58.7 Å². The van der Waals surface area contributed by atoms with Crippen LogP contribution in [0.25, 0.3) is 44.0 Å². The molecule has 0 atom stereocenters. The molecule has 3 aromatic carbocycles. The molecular formula is C25H18F3NO. The topological polar surface area (TPSA) is 26.0 Å². The summed E-state index contributed by atoms with van der Waals surface area (Å²) in [5, 5.41) is 3.67. The Hall–Kier alpha value is -3.34. The number of nitrogens with zero attached hydrogens (tertiary/aromatic N) is 1.